The van der Waals surface area contributed by atoms with Gasteiger partial charge >= 0.3 is 0 Å². The van der Waals surface area contributed by atoms with Crippen molar-refractivity contribution in [2.75, 3.05) is 6.54 Å². The molecule has 0 spiro atoms. The number of aromatic amines is 1. The summed E-state index contributed by atoms with van der Waals surface area (Å²) in [4.78, 5) is 0. The smallest absolute Gasteiger partial charge is 0.117 e. The summed E-state index contributed by atoms with van der Waals surface area (Å²) < 4.78 is 0. The molecule has 1 aromatic heterocycles. The number of hydrogen-bond donors (Lipinski definition) is 2. The Morgan fingerprint density at radius 1 is 1.17 bits per heavy atom. The van der Waals surface area contributed by atoms with Gasteiger partial charge < -0.3 is 5.32 Å². The quantitative estimate of drug-likeness (QED) is 0.768. The van der Waals surface area contributed by atoms with Gasteiger partial charge in [0.05, 0.1) is 0 Å². The Labute approximate surface area is 108 Å². The second-order valence-electron chi connectivity index (χ2n) is 4.84. The van der Waals surface area contributed by atoms with Crippen molar-refractivity contribution in [1.29, 1.82) is 0 Å². The van der Waals surface area contributed by atoms with E-state index in [0.29, 0.717) is 0 Å². The number of H-pyrrole nitrogens is 1. The monoisotopic (exact) mass is 244 g/mol. The van der Waals surface area contributed by atoms with Crippen LogP contribution >= 0.6 is 0 Å². The lowest BCUT2D eigenvalue weighted by atomic mass is 10.1. The summed E-state index contributed by atoms with van der Waals surface area (Å²) in [7, 11) is 0. The number of aromatic nitrogens is 3. The summed E-state index contributed by atoms with van der Waals surface area (Å²) in [6, 6.07) is 10.1. The Kier molecular flexibility index (Phi) is 4.47. The van der Waals surface area contributed by atoms with E-state index in [0.717, 1.165) is 36.0 Å². The lowest BCUT2D eigenvalue weighted by Crippen LogP contribution is -2.17. The minimum Gasteiger partial charge on any atom is -0.311 e. The van der Waals surface area contributed by atoms with Crippen molar-refractivity contribution in [2.45, 2.75) is 26.8 Å². The fourth-order valence-electron chi connectivity index (χ4n) is 1.80. The fraction of sp³-hybridized carbons (Fsp3) is 0.429. The second-order valence-corrected chi connectivity index (χ2v) is 4.84. The molecule has 0 radical (unpaired) electrons. The van der Waals surface area contributed by atoms with E-state index in [1.54, 1.807) is 0 Å². The molecule has 0 saturated carbocycles. The second kappa shape index (κ2) is 6.31. The van der Waals surface area contributed by atoms with Crippen LogP contribution in [-0.4, -0.2) is 22.0 Å². The van der Waals surface area contributed by atoms with E-state index in [4.69, 9.17) is 0 Å². The molecule has 0 unspecified atom stereocenters. The van der Waals surface area contributed by atoms with E-state index in [-0.39, 0.29) is 0 Å². The highest BCUT2D eigenvalue weighted by Gasteiger charge is 2.09. The lowest BCUT2D eigenvalue weighted by molar-refractivity contribution is 0.535. The van der Waals surface area contributed by atoms with Crippen LogP contribution in [0.4, 0.5) is 0 Å². The van der Waals surface area contributed by atoms with Gasteiger partial charge in [-0.25, -0.2) is 0 Å². The Hall–Kier alpha value is -1.68. The molecule has 0 saturated heterocycles. The summed E-state index contributed by atoms with van der Waals surface area (Å²) in [5.41, 5.74) is 3.02. The van der Waals surface area contributed by atoms with E-state index in [1.165, 1.54) is 6.42 Å². The number of benzene rings is 1. The predicted octanol–water partition coefficient (Wildman–Crippen LogP) is 2.61. The molecule has 0 atom stereocenters. The minimum absolute atomic E-state index is 0.725. The zero-order valence-corrected chi connectivity index (χ0v) is 11.0. The molecule has 2 aromatic rings. The zero-order valence-electron chi connectivity index (χ0n) is 11.0. The molecule has 2 rings (SSSR count). The normalized spacial score (nSPS) is 11.1. The molecule has 0 aliphatic heterocycles. The third kappa shape index (κ3) is 3.40. The van der Waals surface area contributed by atoms with Gasteiger partial charge in [-0.05, 0) is 18.9 Å². The van der Waals surface area contributed by atoms with Crippen LogP contribution in [0, 0.1) is 5.92 Å². The van der Waals surface area contributed by atoms with Crippen LogP contribution in [0.1, 0.15) is 26.0 Å². The van der Waals surface area contributed by atoms with Crippen molar-refractivity contribution >= 4 is 0 Å². The first-order chi connectivity index (χ1) is 8.77. The zero-order chi connectivity index (χ0) is 12.8. The van der Waals surface area contributed by atoms with E-state index in [1.807, 2.05) is 18.2 Å². The van der Waals surface area contributed by atoms with Crippen molar-refractivity contribution < 1.29 is 0 Å². The van der Waals surface area contributed by atoms with Gasteiger partial charge in [0.15, 0.2) is 0 Å². The highest BCUT2D eigenvalue weighted by Crippen LogP contribution is 2.18. The Morgan fingerprint density at radius 3 is 2.67 bits per heavy atom. The van der Waals surface area contributed by atoms with Crippen molar-refractivity contribution in [3.63, 3.8) is 0 Å². The number of rotatable bonds is 6. The third-order valence-corrected chi connectivity index (χ3v) is 2.86. The summed E-state index contributed by atoms with van der Waals surface area (Å²) in [5, 5.41) is 14.5. The number of nitrogens with one attached hydrogen (secondary N) is 2. The van der Waals surface area contributed by atoms with E-state index >= 15 is 0 Å². The fourth-order valence-corrected chi connectivity index (χ4v) is 1.80. The van der Waals surface area contributed by atoms with Gasteiger partial charge in [-0.1, -0.05) is 44.2 Å². The molecular formula is C14H20N4. The molecule has 0 aliphatic rings. The summed E-state index contributed by atoms with van der Waals surface area (Å²) >= 11 is 0. The topological polar surface area (TPSA) is 53.6 Å². The SMILES string of the molecule is CC(C)CCNCc1n[nH]nc1-c1ccccc1. The van der Waals surface area contributed by atoms with Crippen LogP contribution in [0.3, 0.4) is 0 Å². The molecule has 0 bridgehead atoms. The highest BCUT2D eigenvalue weighted by molar-refractivity contribution is 5.60. The van der Waals surface area contributed by atoms with Gasteiger partial charge in [-0.3, -0.25) is 0 Å². The van der Waals surface area contributed by atoms with E-state index in [2.05, 4.69) is 46.7 Å². The Bertz CT molecular complexity index is 462. The van der Waals surface area contributed by atoms with E-state index in [9.17, 15) is 0 Å². The maximum absolute atomic E-state index is 4.22. The third-order valence-electron chi connectivity index (χ3n) is 2.86. The molecule has 0 aliphatic carbocycles. The molecular weight excluding hydrogens is 224 g/mol. The van der Waals surface area contributed by atoms with Crippen LogP contribution in [0.25, 0.3) is 11.3 Å². The highest BCUT2D eigenvalue weighted by atomic mass is 15.3. The predicted molar refractivity (Wildman–Crippen MR) is 73.0 cm³/mol. The molecule has 0 amide bonds. The summed E-state index contributed by atoms with van der Waals surface area (Å²) in [5.74, 6) is 0.725. The molecule has 4 heteroatoms. The van der Waals surface area contributed by atoms with Gasteiger partial charge in [0.25, 0.3) is 0 Å². The summed E-state index contributed by atoms with van der Waals surface area (Å²) in [6.45, 7) is 6.23. The standard InChI is InChI=1S/C14H20N4/c1-11(2)8-9-15-10-13-14(17-18-16-13)12-6-4-3-5-7-12/h3-7,11,15H,8-10H2,1-2H3,(H,16,17,18). The first-order valence-corrected chi connectivity index (χ1v) is 6.43. The van der Waals surface area contributed by atoms with Gasteiger partial charge in [-0.2, -0.15) is 15.4 Å². The van der Waals surface area contributed by atoms with Gasteiger partial charge in [-0.15, -0.1) is 0 Å². The van der Waals surface area contributed by atoms with Crippen LogP contribution in [0.2, 0.25) is 0 Å². The van der Waals surface area contributed by atoms with Crippen molar-refractivity contribution in [3.8, 4) is 11.3 Å². The number of nitrogens with zero attached hydrogens (tertiary/aromatic N) is 2. The van der Waals surface area contributed by atoms with Crippen LogP contribution in [0.5, 0.6) is 0 Å². The molecule has 18 heavy (non-hydrogen) atoms. The first kappa shape index (κ1) is 12.8. The maximum Gasteiger partial charge on any atom is 0.117 e. The van der Waals surface area contributed by atoms with Crippen molar-refractivity contribution in [2.24, 2.45) is 5.92 Å². The lowest BCUT2D eigenvalue weighted by Gasteiger charge is -2.06. The average molecular weight is 244 g/mol. The molecule has 1 heterocycles. The minimum atomic E-state index is 0.725. The van der Waals surface area contributed by atoms with Crippen LogP contribution in [0.15, 0.2) is 30.3 Å². The molecule has 2 N–H and O–H groups in total. The number of hydrogen-bond acceptors (Lipinski definition) is 3. The van der Waals surface area contributed by atoms with Gasteiger partial charge in [0, 0.05) is 12.1 Å². The van der Waals surface area contributed by atoms with Crippen LogP contribution < -0.4 is 5.32 Å². The molecule has 96 valence electrons. The Balaban J connectivity index is 1.96. The van der Waals surface area contributed by atoms with Crippen molar-refractivity contribution in [1.82, 2.24) is 20.7 Å². The van der Waals surface area contributed by atoms with E-state index < -0.39 is 0 Å². The average Bonchev–Trinajstić information content (AvgIpc) is 2.84. The Morgan fingerprint density at radius 2 is 1.94 bits per heavy atom. The van der Waals surface area contributed by atoms with Gasteiger partial charge in [0.1, 0.15) is 11.4 Å². The molecule has 0 fully saturated rings. The van der Waals surface area contributed by atoms with Crippen molar-refractivity contribution in [3.05, 3.63) is 36.0 Å². The largest absolute Gasteiger partial charge is 0.311 e. The molecule has 1 aromatic carbocycles. The first-order valence-electron chi connectivity index (χ1n) is 6.43. The van der Waals surface area contributed by atoms with Crippen LogP contribution in [-0.2, 0) is 6.54 Å². The maximum atomic E-state index is 4.22. The van der Waals surface area contributed by atoms with Gasteiger partial charge in [0.2, 0.25) is 0 Å². The summed E-state index contributed by atoms with van der Waals surface area (Å²) in [6.07, 6.45) is 1.18. The molecule has 4 nitrogen and oxygen atoms in total.